The summed E-state index contributed by atoms with van der Waals surface area (Å²) >= 11 is 0. The summed E-state index contributed by atoms with van der Waals surface area (Å²) in [4.78, 5) is 35.5. The van der Waals surface area contributed by atoms with E-state index in [1.165, 1.54) is 0 Å². The Kier molecular flexibility index (Phi) is 3.25. The zero-order chi connectivity index (χ0) is 13.3. The highest BCUT2D eigenvalue weighted by Crippen LogP contribution is 2.30. The van der Waals surface area contributed by atoms with E-state index in [0.717, 1.165) is 29.4 Å². The predicted molar refractivity (Wildman–Crippen MR) is 66.1 cm³/mol. The van der Waals surface area contributed by atoms with Crippen molar-refractivity contribution in [3.05, 3.63) is 29.3 Å². The van der Waals surface area contributed by atoms with E-state index in [4.69, 9.17) is 5.73 Å². The molecule has 0 saturated carbocycles. The second kappa shape index (κ2) is 4.70. The van der Waals surface area contributed by atoms with Gasteiger partial charge < -0.3 is 5.73 Å². The van der Waals surface area contributed by atoms with Crippen molar-refractivity contribution in [2.75, 3.05) is 11.4 Å². The normalized spacial score (nSPS) is 13.7. The van der Waals surface area contributed by atoms with Gasteiger partial charge in [-0.25, -0.2) is 4.90 Å². The van der Waals surface area contributed by atoms with Gasteiger partial charge in [0.2, 0.25) is 11.7 Å². The maximum absolute atomic E-state index is 11.8. The molecule has 0 aliphatic carbocycles. The quantitative estimate of drug-likeness (QED) is 0.772. The van der Waals surface area contributed by atoms with E-state index in [0.29, 0.717) is 12.2 Å². The Balaban J connectivity index is 2.38. The van der Waals surface area contributed by atoms with E-state index in [2.05, 4.69) is 0 Å². The molecule has 1 aliphatic rings. The summed E-state index contributed by atoms with van der Waals surface area (Å²) in [6, 6.07) is 5.39. The molecule has 0 radical (unpaired) electrons. The zero-order valence-electron chi connectivity index (χ0n) is 10.1. The van der Waals surface area contributed by atoms with Gasteiger partial charge in [0.05, 0.1) is 12.1 Å². The van der Waals surface area contributed by atoms with Gasteiger partial charge in [-0.2, -0.15) is 0 Å². The van der Waals surface area contributed by atoms with Gasteiger partial charge in [0, 0.05) is 6.92 Å². The zero-order valence-corrected chi connectivity index (χ0v) is 10.1. The van der Waals surface area contributed by atoms with Crippen LogP contribution in [0.1, 0.15) is 18.1 Å². The Morgan fingerprint density at radius 2 is 2.11 bits per heavy atom. The highest BCUT2D eigenvalue weighted by atomic mass is 16.2. The molecule has 5 nitrogen and oxygen atoms in total. The molecule has 94 valence electrons. The van der Waals surface area contributed by atoms with Crippen LogP contribution in [0.25, 0.3) is 0 Å². The number of hydrogen-bond donors (Lipinski definition) is 1. The molecule has 2 rings (SSSR count). The highest BCUT2D eigenvalue weighted by molar-refractivity contribution is 6.46. The molecule has 0 spiro atoms. The number of carbonyl (C=O) groups excluding carboxylic acids is 3. The number of rotatable bonds is 3. The number of anilines is 1. The lowest BCUT2D eigenvalue weighted by atomic mass is 10.1. The lowest BCUT2D eigenvalue weighted by molar-refractivity contribution is -0.137. The summed E-state index contributed by atoms with van der Waals surface area (Å²) in [5, 5.41) is 0. The third-order valence-corrected chi connectivity index (χ3v) is 2.91. The Morgan fingerprint density at radius 1 is 1.39 bits per heavy atom. The van der Waals surface area contributed by atoms with Gasteiger partial charge in [-0.15, -0.1) is 0 Å². The molecule has 5 heteroatoms. The number of carbonyl (C=O) groups is 3. The number of fused-ring (bicyclic) bond motifs is 1. The van der Waals surface area contributed by atoms with E-state index in [1.54, 1.807) is 6.07 Å². The minimum absolute atomic E-state index is 0.159. The third kappa shape index (κ3) is 2.04. The summed E-state index contributed by atoms with van der Waals surface area (Å²) in [5.74, 6) is -1.76. The minimum atomic E-state index is -0.773. The Labute approximate surface area is 105 Å². The lowest BCUT2D eigenvalue weighted by Gasteiger charge is -2.13. The molecule has 18 heavy (non-hydrogen) atoms. The number of nitrogens with zero attached hydrogens (tertiary/aromatic N) is 1. The van der Waals surface area contributed by atoms with Crippen LogP contribution in [-0.2, 0) is 27.2 Å². The van der Waals surface area contributed by atoms with Gasteiger partial charge in [-0.05, 0) is 30.2 Å². The van der Waals surface area contributed by atoms with Gasteiger partial charge in [0.25, 0.3) is 0 Å². The van der Waals surface area contributed by atoms with Crippen LogP contribution in [0, 0.1) is 0 Å². The van der Waals surface area contributed by atoms with Crippen molar-refractivity contribution in [1.29, 1.82) is 0 Å². The van der Waals surface area contributed by atoms with Crippen LogP contribution in [0.5, 0.6) is 0 Å². The van der Waals surface area contributed by atoms with Crippen LogP contribution in [-0.4, -0.2) is 24.1 Å². The first kappa shape index (κ1) is 12.4. The Bertz CT molecular complexity index is 537. The molecule has 0 atom stereocenters. The van der Waals surface area contributed by atoms with Crippen molar-refractivity contribution in [2.45, 2.75) is 19.8 Å². The van der Waals surface area contributed by atoms with Gasteiger partial charge in [-0.3, -0.25) is 14.4 Å². The predicted octanol–water partition coefficient (Wildman–Crippen LogP) is 0.193. The van der Waals surface area contributed by atoms with Gasteiger partial charge in [0.15, 0.2) is 0 Å². The van der Waals surface area contributed by atoms with E-state index in [9.17, 15) is 14.4 Å². The molecule has 1 aromatic rings. The first-order valence-electron chi connectivity index (χ1n) is 5.74. The van der Waals surface area contributed by atoms with Crippen LogP contribution in [0.4, 0.5) is 5.69 Å². The van der Waals surface area contributed by atoms with Crippen LogP contribution in [0.2, 0.25) is 0 Å². The number of benzene rings is 1. The summed E-state index contributed by atoms with van der Waals surface area (Å²) in [6.07, 6.45) is 0.884. The third-order valence-electron chi connectivity index (χ3n) is 2.91. The van der Waals surface area contributed by atoms with Crippen LogP contribution < -0.4 is 10.6 Å². The lowest BCUT2D eigenvalue weighted by Crippen LogP contribution is -2.37. The highest BCUT2D eigenvalue weighted by Gasteiger charge is 2.34. The number of ketones is 1. The standard InChI is InChI=1S/C13H14N2O3/c1-8(16)13(18)15-11-3-2-9(4-5-14)6-10(11)7-12(15)17/h2-3,6H,4-5,7,14H2,1H3. The molecule has 1 aliphatic heterocycles. The van der Waals surface area contributed by atoms with Crippen molar-refractivity contribution in [1.82, 2.24) is 0 Å². The summed E-state index contributed by atoms with van der Waals surface area (Å²) < 4.78 is 0. The molecular formula is C13H14N2O3. The van der Waals surface area contributed by atoms with Crippen molar-refractivity contribution in [3.8, 4) is 0 Å². The smallest absolute Gasteiger partial charge is 0.300 e. The molecule has 1 aromatic carbocycles. The molecular weight excluding hydrogens is 232 g/mol. The first-order chi connectivity index (χ1) is 8.54. The maximum Gasteiger partial charge on any atom is 0.300 e. The molecule has 2 amide bonds. The van der Waals surface area contributed by atoms with E-state index in [1.807, 2.05) is 12.1 Å². The topological polar surface area (TPSA) is 80.5 Å². The number of nitrogens with two attached hydrogens (primary N) is 1. The van der Waals surface area contributed by atoms with E-state index >= 15 is 0 Å². The number of amides is 2. The molecule has 2 N–H and O–H groups in total. The molecule has 1 heterocycles. The minimum Gasteiger partial charge on any atom is -0.330 e. The van der Waals surface area contributed by atoms with Gasteiger partial charge in [0.1, 0.15) is 0 Å². The van der Waals surface area contributed by atoms with Gasteiger partial charge >= 0.3 is 5.91 Å². The second-order valence-corrected chi connectivity index (χ2v) is 4.27. The van der Waals surface area contributed by atoms with Crippen LogP contribution in [0.15, 0.2) is 18.2 Å². The van der Waals surface area contributed by atoms with Crippen LogP contribution in [0.3, 0.4) is 0 Å². The molecule has 0 fully saturated rings. The second-order valence-electron chi connectivity index (χ2n) is 4.27. The van der Waals surface area contributed by atoms with Crippen molar-refractivity contribution in [2.24, 2.45) is 5.73 Å². The largest absolute Gasteiger partial charge is 0.330 e. The fraction of sp³-hybridized carbons (Fsp3) is 0.308. The van der Waals surface area contributed by atoms with Crippen molar-refractivity contribution < 1.29 is 14.4 Å². The monoisotopic (exact) mass is 246 g/mol. The first-order valence-corrected chi connectivity index (χ1v) is 5.74. The summed E-state index contributed by atoms with van der Waals surface area (Å²) in [5.41, 5.74) is 7.79. The number of imide groups is 1. The molecule has 0 saturated heterocycles. The van der Waals surface area contributed by atoms with E-state index < -0.39 is 11.7 Å². The summed E-state index contributed by atoms with van der Waals surface area (Å²) in [7, 11) is 0. The van der Waals surface area contributed by atoms with Crippen LogP contribution >= 0.6 is 0 Å². The average Bonchev–Trinajstić information content (AvgIpc) is 2.63. The Morgan fingerprint density at radius 3 is 2.72 bits per heavy atom. The van der Waals surface area contributed by atoms with E-state index in [-0.39, 0.29) is 12.3 Å². The Hall–Kier alpha value is -2.01. The number of hydrogen-bond acceptors (Lipinski definition) is 4. The van der Waals surface area contributed by atoms with Crippen molar-refractivity contribution in [3.63, 3.8) is 0 Å². The van der Waals surface area contributed by atoms with Gasteiger partial charge in [-0.1, -0.05) is 12.1 Å². The van der Waals surface area contributed by atoms with Crippen molar-refractivity contribution >= 4 is 23.3 Å². The number of Topliss-reactive ketones (excluding diaryl/α,β-unsaturated/α-hetero) is 1. The maximum atomic E-state index is 11.8. The SMILES string of the molecule is CC(=O)C(=O)N1C(=O)Cc2cc(CCN)ccc21. The molecule has 0 aromatic heterocycles. The average molecular weight is 246 g/mol. The molecule has 0 bridgehead atoms. The fourth-order valence-corrected chi connectivity index (χ4v) is 2.08. The fourth-order valence-electron chi connectivity index (χ4n) is 2.08. The molecule has 0 unspecified atom stereocenters. The summed E-state index contributed by atoms with van der Waals surface area (Å²) in [6.45, 7) is 1.69.